The molecule has 0 aliphatic rings. The number of aromatic nitrogens is 1. The van der Waals surface area contributed by atoms with Crippen molar-refractivity contribution in [1.82, 2.24) is 4.98 Å². The van der Waals surface area contributed by atoms with Crippen molar-refractivity contribution in [1.29, 1.82) is 0 Å². The number of ether oxygens (including phenoxy) is 1. The first-order valence-electron chi connectivity index (χ1n) is 8.61. The second-order valence-corrected chi connectivity index (χ2v) is 5.83. The standard InChI is InChI=1S/C20H27NO2/c1-3-5-6-7-14-23-18-12-13-19(21-15-18)16-8-10-17(11-9-16)20(22)4-2/h8-13,15,20,22H,3-7,14H2,1-2H3. The number of aliphatic hydroxyl groups is 1. The first-order valence-corrected chi connectivity index (χ1v) is 8.61. The molecule has 0 bridgehead atoms. The molecule has 0 fully saturated rings. The van der Waals surface area contributed by atoms with Crippen molar-refractivity contribution in [2.75, 3.05) is 6.61 Å². The van der Waals surface area contributed by atoms with E-state index < -0.39 is 0 Å². The van der Waals surface area contributed by atoms with Crippen LogP contribution in [0.1, 0.15) is 57.6 Å². The van der Waals surface area contributed by atoms with Crippen LogP contribution in [0.4, 0.5) is 0 Å². The molecule has 0 aliphatic heterocycles. The van der Waals surface area contributed by atoms with E-state index in [2.05, 4.69) is 11.9 Å². The smallest absolute Gasteiger partial charge is 0.137 e. The predicted molar refractivity (Wildman–Crippen MR) is 94.6 cm³/mol. The summed E-state index contributed by atoms with van der Waals surface area (Å²) >= 11 is 0. The maximum absolute atomic E-state index is 9.83. The Kier molecular flexibility index (Phi) is 7.08. The molecule has 124 valence electrons. The molecule has 23 heavy (non-hydrogen) atoms. The molecule has 1 aromatic carbocycles. The molecule has 1 atom stereocenters. The molecule has 0 radical (unpaired) electrons. The molecule has 0 amide bonds. The van der Waals surface area contributed by atoms with E-state index in [1.54, 1.807) is 6.20 Å². The Morgan fingerprint density at radius 2 is 1.78 bits per heavy atom. The highest BCUT2D eigenvalue weighted by Crippen LogP contribution is 2.23. The lowest BCUT2D eigenvalue weighted by molar-refractivity contribution is 0.173. The van der Waals surface area contributed by atoms with Crippen molar-refractivity contribution in [3.63, 3.8) is 0 Å². The van der Waals surface area contributed by atoms with Gasteiger partial charge in [0.25, 0.3) is 0 Å². The maximum atomic E-state index is 9.83. The van der Waals surface area contributed by atoms with Crippen LogP contribution in [0.2, 0.25) is 0 Å². The molecule has 2 rings (SSSR count). The number of rotatable bonds is 9. The van der Waals surface area contributed by atoms with Crippen LogP contribution < -0.4 is 4.74 Å². The van der Waals surface area contributed by atoms with Crippen LogP contribution in [0.25, 0.3) is 11.3 Å². The average molecular weight is 313 g/mol. The zero-order chi connectivity index (χ0) is 16.5. The first kappa shape index (κ1) is 17.5. The molecule has 0 saturated carbocycles. The summed E-state index contributed by atoms with van der Waals surface area (Å²) in [6.07, 6.45) is 6.94. The Labute approximate surface area is 139 Å². The van der Waals surface area contributed by atoms with Gasteiger partial charge in [-0.15, -0.1) is 0 Å². The molecule has 1 N–H and O–H groups in total. The van der Waals surface area contributed by atoms with Crippen LogP contribution in [0.5, 0.6) is 5.75 Å². The fourth-order valence-corrected chi connectivity index (χ4v) is 2.47. The minimum Gasteiger partial charge on any atom is -0.492 e. The summed E-state index contributed by atoms with van der Waals surface area (Å²) in [6.45, 7) is 4.94. The molecule has 1 aromatic heterocycles. The second-order valence-electron chi connectivity index (χ2n) is 5.83. The summed E-state index contributed by atoms with van der Waals surface area (Å²) in [5.74, 6) is 0.822. The summed E-state index contributed by atoms with van der Waals surface area (Å²) in [6, 6.07) is 11.9. The SMILES string of the molecule is CCCCCCOc1ccc(-c2ccc(C(O)CC)cc2)nc1. The third-order valence-corrected chi connectivity index (χ3v) is 3.98. The zero-order valence-electron chi connectivity index (χ0n) is 14.2. The summed E-state index contributed by atoms with van der Waals surface area (Å²) in [5, 5.41) is 9.83. The van der Waals surface area contributed by atoms with E-state index >= 15 is 0 Å². The average Bonchev–Trinajstić information content (AvgIpc) is 2.61. The van der Waals surface area contributed by atoms with Gasteiger partial charge in [-0.1, -0.05) is 57.4 Å². The van der Waals surface area contributed by atoms with E-state index in [9.17, 15) is 5.11 Å². The lowest BCUT2D eigenvalue weighted by Gasteiger charge is -2.09. The molecule has 0 saturated heterocycles. The third kappa shape index (κ3) is 5.36. The normalized spacial score (nSPS) is 12.1. The van der Waals surface area contributed by atoms with Crippen LogP contribution in [-0.4, -0.2) is 16.7 Å². The minimum atomic E-state index is -0.388. The van der Waals surface area contributed by atoms with Crippen LogP contribution in [-0.2, 0) is 0 Å². The fourth-order valence-electron chi connectivity index (χ4n) is 2.47. The largest absolute Gasteiger partial charge is 0.492 e. The lowest BCUT2D eigenvalue weighted by Crippen LogP contribution is -1.98. The van der Waals surface area contributed by atoms with Gasteiger partial charge in [0.1, 0.15) is 5.75 Å². The van der Waals surface area contributed by atoms with Gasteiger partial charge in [-0.05, 0) is 30.5 Å². The van der Waals surface area contributed by atoms with Gasteiger partial charge in [-0.2, -0.15) is 0 Å². The van der Waals surface area contributed by atoms with E-state index in [0.29, 0.717) is 0 Å². The van der Waals surface area contributed by atoms with Crippen molar-refractivity contribution in [3.8, 4) is 17.0 Å². The lowest BCUT2D eigenvalue weighted by atomic mass is 10.0. The molecule has 1 heterocycles. The van der Waals surface area contributed by atoms with Crippen molar-refractivity contribution < 1.29 is 9.84 Å². The van der Waals surface area contributed by atoms with Crippen LogP contribution >= 0.6 is 0 Å². The van der Waals surface area contributed by atoms with Crippen LogP contribution in [0.15, 0.2) is 42.6 Å². The quantitative estimate of drug-likeness (QED) is 0.651. The molecule has 3 heteroatoms. The highest BCUT2D eigenvalue weighted by Gasteiger charge is 2.05. The summed E-state index contributed by atoms with van der Waals surface area (Å²) in [7, 11) is 0. The highest BCUT2D eigenvalue weighted by atomic mass is 16.5. The van der Waals surface area contributed by atoms with E-state index in [1.165, 1.54) is 19.3 Å². The number of pyridine rings is 1. The second kappa shape index (κ2) is 9.31. The van der Waals surface area contributed by atoms with Gasteiger partial charge < -0.3 is 9.84 Å². The van der Waals surface area contributed by atoms with E-state index in [-0.39, 0.29) is 6.10 Å². The van der Waals surface area contributed by atoms with E-state index in [0.717, 1.165) is 42.0 Å². The number of hydrogen-bond donors (Lipinski definition) is 1. The molecule has 0 spiro atoms. The van der Waals surface area contributed by atoms with Crippen molar-refractivity contribution in [3.05, 3.63) is 48.2 Å². The summed E-state index contributed by atoms with van der Waals surface area (Å²) in [4.78, 5) is 4.47. The van der Waals surface area contributed by atoms with Gasteiger partial charge in [-0.25, -0.2) is 0 Å². The Balaban J connectivity index is 1.91. The molecular weight excluding hydrogens is 286 g/mol. The van der Waals surface area contributed by atoms with Gasteiger partial charge in [0, 0.05) is 5.56 Å². The van der Waals surface area contributed by atoms with Gasteiger partial charge in [-0.3, -0.25) is 4.98 Å². The zero-order valence-corrected chi connectivity index (χ0v) is 14.2. The van der Waals surface area contributed by atoms with Crippen molar-refractivity contribution >= 4 is 0 Å². The molecular formula is C20H27NO2. The van der Waals surface area contributed by atoms with Gasteiger partial charge in [0.15, 0.2) is 0 Å². The number of benzene rings is 1. The topological polar surface area (TPSA) is 42.4 Å². The monoisotopic (exact) mass is 313 g/mol. The van der Waals surface area contributed by atoms with Crippen molar-refractivity contribution in [2.45, 2.75) is 52.1 Å². The number of aliphatic hydroxyl groups excluding tert-OH is 1. The van der Waals surface area contributed by atoms with Crippen LogP contribution in [0.3, 0.4) is 0 Å². The van der Waals surface area contributed by atoms with Gasteiger partial charge >= 0.3 is 0 Å². The molecule has 1 unspecified atom stereocenters. The first-order chi connectivity index (χ1) is 11.2. The minimum absolute atomic E-state index is 0.388. The number of nitrogens with zero attached hydrogens (tertiary/aromatic N) is 1. The van der Waals surface area contributed by atoms with Gasteiger partial charge in [0.05, 0.1) is 24.6 Å². The summed E-state index contributed by atoms with van der Waals surface area (Å²) < 4.78 is 5.71. The van der Waals surface area contributed by atoms with E-state index in [1.807, 2.05) is 43.3 Å². The maximum Gasteiger partial charge on any atom is 0.137 e. The number of unbranched alkanes of at least 4 members (excludes halogenated alkanes) is 3. The van der Waals surface area contributed by atoms with Crippen molar-refractivity contribution in [2.24, 2.45) is 0 Å². The Hall–Kier alpha value is -1.87. The predicted octanol–water partition coefficient (Wildman–Crippen LogP) is 5.15. The van der Waals surface area contributed by atoms with E-state index in [4.69, 9.17) is 4.74 Å². The Morgan fingerprint density at radius 1 is 1.00 bits per heavy atom. The fraction of sp³-hybridized carbons (Fsp3) is 0.450. The molecule has 2 aromatic rings. The molecule has 0 aliphatic carbocycles. The Bertz CT molecular complexity index is 563. The summed E-state index contributed by atoms with van der Waals surface area (Å²) in [5.41, 5.74) is 2.91. The third-order valence-electron chi connectivity index (χ3n) is 3.98. The Morgan fingerprint density at radius 3 is 2.39 bits per heavy atom. The highest BCUT2D eigenvalue weighted by molar-refractivity contribution is 5.59. The van der Waals surface area contributed by atoms with Crippen LogP contribution in [0, 0.1) is 0 Å². The van der Waals surface area contributed by atoms with Gasteiger partial charge in [0.2, 0.25) is 0 Å². The molecule has 3 nitrogen and oxygen atoms in total. The number of hydrogen-bond acceptors (Lipinski definition) is 3.